The van der Waals surface area contributed by atoms with Crippen molar-refractivity contribution >= 4 is 17.5 Å². The van der Waals surface area contributed by atoms with Crippen molar-refractivity contribution in [2.45, 2.75) is 26.7 Å². The van der Waals surface area contributed by atoms with E-state index in [0.29, 0.717) is 12.2 Å². The van der Waals surface area contributed by atoms with Gasteiger partial charge in [-0.2, -0.15) is 0 Å². The maximum atomic E-state index is 12.0. The Morgan fingerprint density at radius 3 is 2.39 bits per heavy atom. The standard InChI is InChI=1S/C19H22N2O2/c1-13-9-10-14(2)17(11-13)21-19(23)18(22)20-12-15(3)16-7-5-4-6-8-16/h4-11,15H,12H2,1-3H3,(H,20,22)(H,21,23)/t15-/m1/s1. The van der Waals surface area contributed by atoms with E-state index in [4.69, 9.17) is 0 Å². The highest BCUT2D eigenvalue weighted by molar-refractivity contribution is 6.39. The smallest absolute Gasteiger partial charge is 0.313 e. The predicted octanol–water partition coefficient (Wildman–Crippen LogP) is 3.16. The van der Waals surface area contributed by atoms with Crippen LogP contribution in [-0.4, -0.2) is 18.4 Å². The van der Waals surface area contributed by atoms with Gasteiger partial charge < -0.3 is 10.6 Å². The highest BCUT2D eigenvalue weighted by atomic mass is 16.2. The molecule has 0 saturated heterocycles. The molecule has 4 nitrogen and oxygen atoms in total. The van der Waals surface area contributed by atoms with Gasteiger partial charge >= 0.3 is 11.8 Å². The lowest BCUT2D eigenvalue weighted by Gasteiger charge is -2.13. The Balaban J connectivity index is 1.90. The van der Waals surface area contributed by atoms with Crippen LogP contribution in [0.3, 0.4) is 0 Å². The molecule has 0 bridgehead atoms. The molecule has 0 fully saturated rings. The number of anilines is 1. The van der Waals surface area contributed by atoms with Crippen molar-refractivity contribution in [3.05, 3.63) is 65.2 Å². The van der Waals surface area contributed by atoms with E-state index in [2.05, 4.69) is 10.6 Å². The monoisotopic (exact) mass is 310 g/mol. The van der Waals surface area contributed by atoms with Crippen molar-refractivity contribution in [3.63, 3.8) is 0 Å². The summed E-state index contributed by atoms with van der Waals surface area (Å²) < 4.78 is 0. The van der Waals surface area contributed by atoms with Crippen LogP contribution in [0.5, 0.6) is 0 Å². The third-order valence-corrected chi connectivity index (χ3v) is 3.78. The van der Waals surface area contributed by atoms with E-state index in [1.807, 2.05) is 69.3 Å². The molecule has 0 radical (unpaired) electrons. The first-order valence-electron chi connectivity index (χ1n) is 7.68. The molecule has 2 N–H and O–H groups in total. The number of carbonyl (C=O) groups is 2. The van der Waals surface area contributed by atoms with E-state index < -0.39 is 11.8 Å². The van der Waals surface area contributed by atoms with Crippen LogP contribution in [0.4, 0.5) is 5.69 Å². The third kappa shape index (κ3) is 4.68. The fourth-order valence-electron chi connectivity index (χ4n) is 2.28. The summed E-state index contributed by atoms with van der Waals surface area (Å²) in [7, 11) is 0. The number of aryl methyl sites for hydroxylation is 2. The highest BCUT2D eigenvalue weighted by Crippen LogP contribution is 2.16. The second kappa shape index (κ2) is 7.58. The van der Waals surface area contributed by atoms with Crippen LogP contribution in [0.2, 0.25) is 0 Å². The topological polar surface area (TPSA) is 58.2 Å². The highest BCUT2D eigenvalue weighted by Gasteiger charge is 2.16. The van der Waals surface area contributed by atoms with Gasteiger partial charge in [-0.3, -0.25) is 9.59 Å². The van der Waals surface area contributed by atoms with Crippen molar-refractivity contribution in [1.29, 1.82) is 0 Å². The van der Waals surface area contributed by atoms with E-state index in [1.165, 1.54) is 0 Å². The second-order valence-corrected chi connectivity index (χ2v) is 5.79. The quantitative estimate of drug-likeness (QED) is 0.852. The Bertz CT molecular complexity index is 696. The minimum atomic E-state index is -0.640. The zero-order valence-corrected chi connectivity index (χ0v) is 13.7. The fourth-order valence-corrected chi connectivity index (χ4v) is 2.28. The molecule has 0 heterocycles. The number of carbonyl (C=O) groups excluding carboxylic acids is 2. The van der Waals surface area contributed by atoms with Crippen LogP contribution in [0.25, 0.3) is 0 Å². The van der Waals surface area contributed by atoms with Crippen LogP contribution >= 0.6 is 0 Å². The fraction of sp³-hybridized carbons (Fsp3) is 0.263. The van der Waals surface area contributed by atoms with Gasteiger partial charge in [-0.1, -0.05) is 49.4 Å². The van der Waals surface area contributed by atoms with Gasteiger partial charge in [-0.05, 0) is 42.5 Å². The van der Waals surface area contributed by atoms with Gasteiger partial charge in [-0.15, -0.1) is 0 Å². The van der Waals surface area contributed by atoms with E-state index in [-0.39, 0.29) is 5.92 Å². The first-order valence-corrected chi connectivity index (χ1v) is 7.68. The van der Waals surface area contributed by atoms with Gasteiger partial charge in [0.2, 0.25) is 0 Å². The SMILES string of the molecule is Cc1ccc(C)c(NC(=O)C(=O)NC[C@@H](C)c2ccccc2)c1. The van der Waals surface area contributed by atoms with Crippen LogP contribution in [0.1, 0.15) is 29.5 Å². The van der Waals surface area contributed by atoms with Gasteiger partial charge in [0.25, 0.3) is 0 Å². The molecule has 2 aromatic rings. The van der Waals surface area contributed by atoms with Gasteiger partial charge in [0, 0.05) is 12.2 Å². The number of benzene rings is 2. The largest absolute Gasteiger partial charge is 0.347 e. The maximum absolute atomic E-state index is 12.0. The van der Waals surface area contributed by atoms with Gasteiger partial charge in [-0.25, -0.2) is 0 Å². The lowest BCUT2D eigenvalue weighted by molar-refractivity contribution is -0.136. The molecule has 23 heavy (non-hydrogen) atoms. The normalized spacial score (nSPS) is 11.6. The minimum Gasteiger partial charge on any atom is -0.347 e. The van der Waals surface area contributed by atoms with Gasteiger partial charge in [0.1, 0.15) is 0 Å². The Kier molecular flexibility index (Phi) is 5.52. The van der Waals surface area contributed by atoms with Crippen molar-refractivity contribution in [2.24, 2.45) is 0 Å². The lowest BCUT2D eigenvalue weighted by atomic mass is 10.0. The molecule has 0 saturated carbocycles. The molecule has 4 heteroatoms. The first kappa shape index (κ1) is 16.7. The van der Waals surface area contributed by atoms with E-state index in [9.17, 15) is 9.59 Å². The van der Waals surface area contributed by atoms with Crippen LogP contribution < -0.4 is 10.6 Å². The molecule has 120 valence electrons. The molecule has 1 atom stereocenters. The Morgan fingerprint density at radius 2 is 1.70 bits per heavy atom. The van der Waals surface area contributed by atoms with E-state index >= 15 is 0 Å². The number of hydrogen-bond acceptors (Lipinski definition) is 2. The molecule has 0 aliphatic carbocycles. The number of nitrogens with one attached hydrogen (secondary N) is 2. The summed E-state index contributed by atoms with van der Waals surface area (Å²) in [6.07, 6.45) is 0. The molecule has 0 unspecified atom stereocenters. The summed E-state index contributed by atoms with van der Waals surface area (Å²) >= 11 is 0. The van der Waals surface area contributed by atoms with Crippen molar-refractivity contribution in [1.82, 2.24) is 5.32 Å². The van der Waals surface area contributed by atoms with Crippen LogP contribution in [-0.2, 0) is 9.59 Å². The molecular formula is C19H22N2O2. The Labute approximate surface area is 136 Å². The average molecular weight is 310 g/mol. The summed E-state index contributed by atoms with van der Waals surface area (Å²) in [5.74, 6) is -1.11. The number of amides is 2. The summed E-state index contributed by atoms with van der Waals surface area (Å²) in [6.45, 7) is 6.27. The number of rotatable bonds is 4. The summed E-state index contributed by atoms with van der Waals surface area (Å²) in [4.78, 5) is 24.0. The molecule has 0 aliphatic heterocycles. The number of hydrogen-bond donors (Lipinski definition) is 2. The van der Waals surface area contributed by atoms with Crippen molar-refractivity contribution in [2.75, 3.05) is 11.9 Å². The van der Waals surface area contributed by atoms with E-state index in [0.717, 1.165) is 16.7 Å². The minimum absolute atomic E-state index is 0.147. The summed E-state index contributed by atoms with van der Waals surface area (Å²) in [5, 5.41) is 5.35. The molecule has 0 aliphatic rings. The third-order valence-electron chi connectivity index (χ3n) is 3.78. The molecule has 0 aromatic heterocycles. The van der Waals surface area contributed by atoms with Crippen molar-refractivity contribution < 1.29 is 9.59 Å². The lowest BCUT2D eigenvalue weighted by Crippen LogP contribution is -2.37. The first-order chi connectivity index (χ1) is 11.0. The Hall–Kier alpha value is -2.62. The average Bonchev–Trinajstić information content (AvgIpc) is 2.56. The van der Waals surface area contributed by atoms with Gasteiger partial charge in [0.15, 0.2) is 0 Å². The van der Waals surface area contributed by atoms with E-state index in [1.54, 1.807) is 0 Å². The summed E-state index contributed by atoms with van der Waals surface area (Å²) in [5.41, 5.74) is 3.75. The van der Waals surface area contributed by atoms with Crippen LogP contribution in [0.15, 0.2) is 48.5 Å². The zero-order chi connectivity index (χ0) is 16.8. The zero-order valence-electron chi connectivity index (χ0n) is 13.7. The summed E-state index contributed by atoms with van der Waals surface area (Å²) in [6, 6.07) is 15.6. The van der Waals surface area contributed by atoms with Crippen molar-refractivity contribution in [3.8, 4) is 0 Å². The molecule has 2 aromatic carbocycles. The van der Waals surface area contributed by atoms with Gasteiger partial charge in [0.05, 0.1) is 0 Å². The maximum Gasteiger partial charge on any atom is 0.313 e. The molecule has 0 spiro atoms. The second-order valence-electron chi connectivity index (χ2n) is 5.79. The molecular weight excluding hydrogens is 288 g/mol. The predicted molar refractivity (Wildman–Crippen MR) is 92.4 cm³/mol. The van der Waals surface area contributed by atoms with Crippen LogP contribution in [0, 0.1) is 13.8 Å². The Morgan fingerprint density at radius 1 is 1.00 bits per heavy atom. The molecule has 2 amide bonds. The molecule has 2 rings (SSSR count).